The summed E-state index contributed by atoms with van der Waals surface area (Å²) in [5.74, 6) is 0.332. The van der Waals surface area contributed by atoms with Crippen LogP contribution in [-0.2, 0) is 6.42 Å². The Hall–Kier alpha value is -2.67. The van der Waals surface area contributed by atoms with Crippen molar-refractivity contribution in [2.24, 2.45) is 0 Å². The van der Waals surface area contributed by atoms with Crippen LogP contribution in [0.3, 0.4) is 0 Å². The number of carbonyl (C=O) groups is 1. The van der Waals surface area contributed by atoms with Crippen LogP contribution in [0.15, 0.2) is 52.3 Å². The number of benzene rings is 1. The minimum absolute atomic E-state index is 0.120. The van der Waals surface area contributed by atoms with E-state index in [1.54, 1.807) is 0 Å². The molecule has 1 unspecified atom stereocenters. The van der Waals surface area contributed by atoms with Crippen molar-refractivity contribution < 1.29 is 9.21 Å². The van der Waals surface area contributed by atoms with Crippen LogP contribution in [0.2, 0.25) is 0 Å². The zero-order chi connectivity index (χ0) is 19.2. The van der Waals surface area contributed by atoms with Gasteiger partial charge in [0, 0.05) is 19.5 Å². The van der Waals surface area contributed by atoms with Gasteiger partial charge in [-0.05, 0) is 29.9 Å². The summed E-state index contributed by atoms with van der Waals surface area (Å²) in [5.41, 5.74) is 1.11. The topological polar surface area (TPSA) is 71.3 Å². The number of anilines is 1. The fraction of sp³-hybridized carbons (Fsp3) is 0.381. The van der Waals surface area contributed by atoms with Crippen LogP contribution in [-0.4, -0.2) is 29.2 Å². The van der Waals surface area contributed by atoms with E-state index in [-0.39, 0.29) is 11.9 Å². The molecule has 4 rings (SSSR count). The fourth-order valence-electron chi connectivity index (χ4n) is 3.44. The SMILES string of the molecule is O=C(NC(Cc1ccccc1)c1nnc(N2CCCCCC2)o1)c1cccs1. The van der Waals surface area contributed by atoms with Gasteiger partial charge in [-0.3, -0.25) is 4.79 Å². The molecule has 1 N–H and O–H groups in total. The Morgan fingerprint density at radius 2 is 1.86 bits per heavy atom. The van der Waals surface area contributed by atoms with Crippen LogP contribution in [0, 0.1) is 0 Å². The van der Waals surface area contributed by atoms with E-state index >= 15 is 0 Å². The monoisotopic (exact) mass is 396 g/mol. The van der Waals surface area contributed by atoms with E-state index in [0.717, 1.165) is 31.5 Å². The number of hydrogen-bond donors (Lipinski definition) is 1. The van der Waals surface area contributed by atoms with Crippen LogP contribution >= 0.6 is 11.3 Å². The standard InChI is InChI=1S/C21H24N4O2S/c26-19(18-11-8-14-28-18)22-17(15-16-9-4-3-5-10-16)20-23-24-21(27-20)25-12-6-1-2-7-13-25/h3-5,8-11,14,17H,1-2,6-7,12-13,15H2,(H,22,26). The van der Waals surface area contributed by atoms with Gasteiger partial charge in [-0.15, -0.1) is 16.4 Å². The lowest BCUT2D eigenvalue weighted by Crippen LogP contribution is -2.29. The van der Waals surface area contributed by atoms with Gasteiger partial charge >= 0.3 is 6.01 Å². The van der Waals surface area contributed by atoms with Crippen molar-refractivity contribution in [2.45, 2.75) is 38.1 Å². The van der Waals surface area contributed by atoms with E-state index in [1.807, 2.05) is 47.8 Å². The average Bonchev–Trinajstić information content (AvgIpc) is 3.36. The van der Waals surface area contributed by atoms with Gasteiger partial charge in [-0.2, -0.15) is 0 Å². The Morgan fingerprint density at radius 1 is 1.07 bits per heavy atom. The third kappa shape index (κ3) is 4.59. The normalized spacial score (nSPS) is 15.8. The highest BCUT2D eigenvalue weighted by atomic mass is 32.1. The van der Waals surface area contributed by atoms with Crippen molar-refractivity contribution in [3.05, 3.63) is 64.2 Å². The first-order valence-electron chi connectivity index (χ1n) is 9.76. The smallest absolute Gasteiger partial charge is 0.318 e. The largest absolute Gasteiger partial charge is 0.406 e. The van der Waals surface area contributed by atoms with Gasteiger partial charge in [0.2, 0.25) is 5.89 Å². The molecule has 1 aliphatic heterocycles. The lowest BCUT2D eigenvalue weighted by molar-refractivity contribution is 0.0934. The average molecular weight is 397 g/mol. The van der Waals surface area contributed by atoms with Crippen molar-refractivity contribution in [3.63, 3.8) is 0 Å². The fourth-order valence-corrected chi connectivity index (χ4v) is 4.07. The van der Waals surface area contributed by atoms with Crippen molar-refractivity contribution >= 4 is 23.3 Å². The summed E-state index contributed by atoms with van der Waals surface area (Å²) in [4.78, 5) is 15.5. The number of carbonyl (C=O) groups excluding carboxylic acids is 1. The Labute approximate surface area is 168 Å². The van der Waals surface area contributed by atoms with E-state index in [2.05, 4.69) is 20.4 Å². The summed E-state index contributed by atoms with van der Waals surface area (Å²) >= 11 is 1.42. The zero-order valence-corrected chi connectivity index (χ0v) is 16.5. The van der Waals surface area contributed by atoms with Crippen LogP contribution in [0.1, 0.15) is 52.9 Å². The highest BCUT2D eigenvalue weighted by Crippen LogP contribution is 2.24. The molecule has 0 bridgehead atoms. The zero-order valence-electron chi connectivity index (χ0n) is 15.7. The predicted octanol–water partition coefficient (Wildman–Crippen LogP) is 4.23. The molecule has 1 aliphatic rings. The van der Waals surface area contributed by atoms with E-state index in [1.165, 1.54) is 24.2 Å². The van der Waals surface area contributed by atoms with E-state index in [0.29, 0.717) is 23.2 Å². The molecular weight excluding hydrogens is 372 g/mol. The molecule has 0 aliphatic carbocycles. The molecule has 1 aromatic carbocycles. The highest BCUT2D eigenvalue weighted by molar-refractivity contribution is 7.12. The molecule has 28 heavy (non-hydrogen) atoms. The summed E-state index contributed by atoms with van der Waals surface area (Å²) in [5, 5.41) is 13.5. The molecule has 1 fully saturated rings. The Bertz CT molecular complexity index is 871. The molecule has 1 amide bonds. The quantitative estimate of drug-likeness (QED) is 0.675. The maximum atomic E-state index is 12.6. The number of hydrogen-bond acceptors (Lipinski definition) is 6. The van der Waals surface area contributed by atoms with Crippen molar-refractivity contribution in [1.29, 1.82) is 0 Å². The molecule has 3 aromatic rings. The van der Waals surface area contributed by atoms with Gasteiger partial charge in [0.1, 0.15) is 6.04 Å². The Balaban J connectivity index is 1.55. The second-order valence-electron chi connectivity index (χ2n) is 7.02. The maximum absolute atomic E-state index is 12.6. The van der Waals surface area contributed by atoms with Gasteiger partial charge in [-0.1, -0.05) is 54.3 Å². The molecule has 7 heteroatoms. The lowest BCUT2D eigenvalue weighted by Gasteiger charge is -2.17. The second kappa shape index (κ2) is 9.01. The first-order chi connectivity index (χ1) is 13.8. The molecule has 1 saturated heterocycles. The summed E-state index contributed by atoms with van der Waals surface area (Å²) in [6.45, 7) is 1.87. The molecule has 1 atom stereocenters. The van der Waals surface area contributed by atoms with E-state index in [9.17, 15) is 4.79 Å². The minimum atomic E-state index is -0.370. The Morgan fingerprint density at radius 3 is 2.57 bits per heavy atom. The van der Waals surface area contributed by atoms with Crippen LogP contribution in [0.25, 0.3) is 0 Å². The van der Waals surface area contributed by atoms with Crippen LogP contribution < -0.4 is 10.2 Å². The van der Waals surface area contributed by atoms with Gasteiger partial charge in [0.25, 0.3) is 5.91 Å². The first kappa shape index (κ1) is 18.7. The number of rotatable bonds is 6. The van der Waals surface area contributed by atoms with Crippen molar-refractivity contribution in [2.75, 3.05) is 18.0 Å². The molecule has 0 saturated carbocycles. The molecular formula is C21H24N4O2S. The number of aromatic nitrogens is 2. The minimum Gasteiger partial charge on any atom is -0.406 e. The summed E-state index contributed by atoms with van der Waals surface area (Å²) in [7, 11) is 0. The highest BCUT2D eigenvalue weighted by Gasteiger charge is 2.24. The van der Waals surface area contributed by atoms with Crippen molar-refractivity contribution in [1.82, 2.24) is 15.5 Å². The third-order valence-corrected chi connectivity index (χ3v) is 5.81. The van der Waals surface area contributed by atoms with E-state index < -0.39 is 0 Å². The summed E-state index contributed by atoms with van der Waals surface area (Å²) in [6, 6.07) is 13.9. The molecule has 2 aromatic heterocycles. The van der Waals surface area contributed by atoms with Crippen molar-refractivity contribution in [3.8, 4) is 0 Å². The third-order valence-electron chi connectivity index (χ3n) is 4.94. The number of amides is 1. The van der Waals surface area contributed by atoms with Gasteiger partial charge in [-0.25, -0.2) is 0 Å². The maximum Gasteiger partial charge on any atom is 0.318 e. The number of thiophene rings is 1. The molecule has 146 valence electrons. The summed E-state index contributed by atoms with van der Waals surface area (Å²) in [6.07, 6.45) is 5.36. The number of nitrogens with zero attached hydrogens (tertiary/aromatic N) is 3. The molecule has 0 spiro atoms. The lowest BCUT2D eigenvalue weighted by atomic mass is 10.1. The van der Waals surface area contributed by atoms with Gasteiger partial charge in [0.15, 0.2) is 0 Å². The predicted molar refractivity (Wildman–Crippen MR) is 110 cm³/mol. The van der Waals surface area contributed by atoms with E-state index in [4.69, 9.17) is 4.42 Å². The molecule has 6 nitrogen and oxygen atoms in total. The number of nitrogens with one attached hydrogen (secondary N) is 1. The summed E-state index contributed by atoms with van der Waals surface area (Å²) < 4.78 is 6.02. The van der Waals surface area contributed by atoms with Crippen LogP contribution in [0.5, 0.6) is 0 Å². The Kier molecular flexibility index (Phi) is 6.01. The molecule has 3 heterocycles. The van der Waals surface area contributed by atoms with Crippen LogP contribution in [0.4, 0.5) is 6.01 Å². The first-order valence-corrected chi connectivity index (χ1v) is 10.6. The second-order valence-corrected chi connectivity index (χ2v) is 7.96. The van der Waals surface area contributed by atoms with Gasteiger partial charge in [0.05, 0.1) is 4.88 Å². The molecule has 0 radical (unpaired) electrons. The van der Waals surface area contributed by atoms with Gasteiger partial charge < -0.3 is 14.6 Å².